The second-order valence-electron chi connectivity index (χ2n) is 5.22. The van der Waals surface area contributed by atoms with E-state index in [9.17, 15) is 8.78 Å². The van der Waals surface area contributed by atoms with Crippen LogP contribution in [0.5, 0.6) is 0 Å². The van der Waals surface area contributed by atoms with Crippen molar-refractivity contribution in [3.8, 4) is 0 Å². The van der Waals surface area contributed by atoms with E-state index in [-0.39, 0.29) is 17.9 Å². The molecule has 2 atom stereocenters. The third-order valence-electron chi connectivity index (χ3n) is 3.79. The summed E-state index contributed by atoms with van der Waals surface area (Å²) in [6.45, 7) is 2.66. The molecule has 1 nitrogen and oxygen atoms in total. The number of halogens is 2. The van der Waals surface area contributed by atoms with Gasteiger partial charge in [-0.05, 0) is 49.3 Å². The molecule has 1 heterocycles. The molecule has 0 spiro atoms. The third-order valence-corrected chi connectivity index (χ3v) is 3.79. The summed E-state index contributed by atoms with van der Waals surface area (Å²) in [4.78, 5) is 0. The maximum Gasteiger partial charge on any atom is 0.162 e. The Labute approximate surface area is 99.8 Å². The van der Waals surface area contributed by atoms with Gasteiger partial charge in [-0.15, -0.1) is 0 Å². The van der Waals surface area contributed by atoms with Crippen LogP contribution >= 0.6 is 0 Å². The van der Waals surface area contributed by atoms with Gasteiger partial charge in [0.2, 0.25) is 0 Å². The lowest BCUT2D eigenvalue weighted by molar-refractivity contribution is 0.123. The van der Waals surface area contributed by atoms with Crippen LogP contribution in [0.25, 0.3) is 0 Å². The van der Waals surface area contributed by atoms with Crippen LogP contribution in [0.3, 0.4) is 0 Å². The van der Waals surface area contributed by atoms with Crippen LogP contribution in [-0.4, -0.2) is 12.7 Å². The summed E-state index contributed by atoms with van der Waals surface area (Å²) in [5, 5.41) is 0. The largest absolute Gasteiger partial charge is 0.378 e. The molecule has 1 aromatic rings. The molecule has 0 radical (unpaired) electrons. The van der Waals surface area contributed by atoms with Crippen molar-refractivity contribution in [2.45, 2.75) is 44.1 Å². The van der Waals surface area contributed by atoms with E-state index in [0.717, 1.165) is 24.8 Å². The van der Waals surface area contributed by atoms with Gasteiger partial charge < -0.3 is 4.74 Å². The molecule has 1 aliphatic heterocycles. The molecule has 1 saturated heterocycles. The lowest BCUT2D eigenvalue weighted by Crippen LogP contribution is -2.06. The average molecular weight is 238 g/mol. The molecule has 3 rings (SSSR count). The first-order valence-electron chi connectivity index (χ1n) is 6.26. The van der Waals surface area contributed by atoms with Crippen LogP contribution in [0.4, 0.5) is 8.78 Å². The molecular formula is C14H16F2O. The molecule has 1 aliphatic carbocycles. The zero-order valence-electron chi connectivity index (χ0n) is 9.88. The highest BCUT2D eigenvalue weighted by atomic mass is 19.2. The quantitative estimate of drug-likeness (QED) is 0.762. The summed E-state index contributed by atoms with van der Waals surface area (Å²) in [7, 11) is 0. The van der Waals surface area contributed by atoms with E-state index >= 15 is 0 Å². The van der Waals surface area contributed by atoms with Gasteiger partial charge in [0.1, 0.15) is 0 Å². The molecule has 17 heavy (non-hydrogen) atoms. The molecule has 2 fully saturated rings. The molecule has 2 aliphatic rings. The van der Waals surface area contributed by atoms with Gasteiger partial charge in [0.25, 0.3) is 0 Å². The predicted octanol–water partition coefficient (Wildman–Crippen LogP) is 3.73. The van der Waals surface area contributed by atoms with Gasteiger partial charge in [0.05, 0.1) is 12.7 Å². The lowest BCUT2D eigenvalue weighted by Gasteiger charge is -2.15. The Bertz CT molecular complexity index is 440. The second-order valence-corrected chi connectivity index (χ2v) is 5.22. The normalized spacial score (nSPS) is 28.6. The zero-order valence-corrected chi connectivity index (χ0v) is 9.88. The van der Waals surface area contributed by atoms with Crippen molar-refractivity contribution < 1.29 is 13.5 Å². The van der Waals surface area contributed by atoms with Crippen LogP contribution in [0.2, 0.25) is 0 Å². The van der Waals surface area contributed by atoms with Gasteiger partial charge >= 0.3 is 0 Å². The summed E-state index contributed by atoms with van der Waals surface area (Å²) in [5.41, 5.74) is 1.59. The minimum atomic E-state index is -0.720. The Balaban J connectivity index is 2.00. The van der Waals surface area contributed by atoms with Crippen molar-refractivity contribution in [2.75, 3.05) is 6.61 Å². The Kier molecular flexibility index (Phi) is 2.66. The smallest absolute Gasteiger partial charge is 0.162 e. The number of benzene rings is 1. The number of rotatable bonds is 2. The van der Waals surface area contributed by atoms with Crippen molar-refractivity contribution in [1.82, 2.24) is 0 Å². The number of hydrogen-bond acceptors (Lipinski definition) is 1. The van der Waals surface area contributed by atoms with Crippen molar-refractivity contribution in [3.63, 3.8) is 0 Å². The number of hydrogen-bond donors (Lipinski definition) is 0. The van der Waals surface area contributed by atoms with Crippen molar-refractivity contribution in [3.05, 3.63) is 34.9 Å². The maximum absolute atomic E-state index is 13.9. The molecule has 0 N–H and O–H groups in total. The molecule has 0 aromatic heterocycles. The Morgan fingerprint density at radius 3 is 2.53 bits per heavy atom. The van der Waals surface area contributed by atoms with Crippen LogP contribution in [0.15, 0.2) is 12.1 Å². The standard InChI is InChI=1S/C14H16F2O/c1-8-6-10(7-17-8)11-4-5-12(15)14(16)13(11)9-2-3-9/h4-5,8-10H,2-3,6-7H2,1H3. The second kappa shape index (κ2) is 4.05. The number of ether oxygens (including phenoxy) is 1. The van der Waals surface area contributed by atoms with E-state index < -0.39 is 11.6 Å². The van der Waals surface area contributed by atoms with Crippen molar-refractivity contribution >= 4 is 0 Å². The molecule has 0 bridgehead atoms. The summed E-state index contributed by atoms with van der Waals surface area (Å²) in [5.74, 6) is -0.889. The minimum absolute atomic E-state index is 0.222. The van der Waals surface area contributed by atoms with Crippen molar-refractivity contribution in [1.29, 1.82) is 0 Å². The maximum atomic E-state index is 13.9. The van der Waals surface area contributed by atoms with Crippen LogP contribution < -0.4 is 0 Å². The molecular weight excluding hydrogens is 222 g/mol. The third kappa shape index (κ3) is 1.97. The Morgan fingerprint density at radius 1 is 1.18 bits per heavy atom. The molecule has 3 heteroatoms. The first-order valence-corrected chi connectivity index (χ1v) is 6.26. The van der Waals surface area contributed by atoms with E-state index in [0.29, 0.717) is 12.2 Å². The topological polar surface area (TPSA) is 9.23 Å². The lowest BCUT2D eigenvalue weighted by atomic mass is 9.90. The predicted molar refractivity (Wildman–Crippen MR) is 61.1 cm³/mol. The molecule has 1 saturated carbocycles. The van der Waals surface area contributed by atoms with Crippen LogP contribution in [0.1, 0.15) is 49.1 Å². The highest BCUT2D eigenvalue weighted by Crippen LogP contribution is 2.46. The average Bonchev–Trinajstić information content (AvgIpc) is 3.05. The highest BCUT2D eigenvalue weighted by molar-refractivity contribution is 5.38. The Hall–Kier alpha value is -0.960. The first kappa shape index (κ1) is 11.1. The minimum Gasteiger partial charge on any atom is -0.378 e. The van der Waals surface area contributed by atoms with Gasteiger partial charge in [-0.3, -0.25) is 0 Å². The summed E-state index contributed by atoms with van der Waals surface area (Å²) in [6.07, 6.45) is 3.10. The summed E-state index contributed by atoms with van der Waals surface area (Å²) >= 11 is 0. The molecule has 0 amide bonds. The van der Waals surface area contributed by atoms with Crippen molar-refractivity contribution in [2.24, 2.45) is 0 Å². The fourth-order valence-electron chi connectivity index (χ4n) is 2.76. The van der Waals surface area contributed by atoms with Gasteiger partial charge in [-0.25, -0.2) is 8.78 Å². The summed E-state index contributed by atoms with van der Waals surface area (Å²) in [6, 6.07) is 3.00. The van der Waals surface area contributed by atoms with Crippen LogP contribution in [0, 0.1) is 11.6 Å². The fourth-order valence-corrected chi connectivity index (χ4v) is 2.76. The van der Waals surface area contributed by atoms with E-state index in [2.05, 4.69) is 0 Å². The first-order chi connectivity index (χ1) is 8.16. The van der Waals surface area contributed by atoms with E-state index in [4.69, 9.17) is 4.74 Å². The van der Waals surface area contributed by atoms with E-state index in [1.54, 1.807) is 6.07 Å². The Morgan fingerprint density at radius 2 is 1.94 bits per heavy atom. The van der Waals surface area contributed by atoms with Crippen LogP contribution in [-0.2, 0) is 4.74 Å². The molecule has 92 valence electrons. The molecule has 1 aromatic carbocycles. The van der Waals surface area contributed by atoms with Gasteiger partial charge in [-0.2, -0.15) is 0 Å². The van der Waals surface area contributed by atoms with Gasteiger partial charge in [0, 0.05) is 5.92 Å². The summed E-state index contributed by atoms with van der Waals surface area (Å²) < 4.78 is 32.7. The zero-order chi connectivity index (χ0) is 12.0. The van der Waals surface area contributed by atoms with Gasteiger partial charge in [0.15, 0.2) is 11.6 Å². The van der Waals surface area contributed by atoms with Gasteiger partial charge in [-0.1, -0.05) is 6.07 Å². The SMILES string of the molecule is CC1CC(c2ccc(F)c(F)c2C2CC2)CO1. The van der Waals surface area contributed by atoms with E-state index in [1.807, 2.05) is 6.92 Å². The monoisotopic (exact) mass is 238 g/mol. The fraction of sp³-hybridized carbons (Fsp3) is 0.571. The van der Waals surface area contributed by atoms with E-state index in [1.165, 1.54) is 6.07 Å². The molecule has 2 unspecified atom stereocenters. The highest BCUT2D eigenvalue weighted by Gasteiger charge is 2.34.